The molecule has 1 rings (SSSR count). The maximum absolute atomic E-state index is 12.0. The number of aromatic amines is 1. The summed E-state index contributed by atoms with van der Waals surface area (Å²) < 4.78 is 39.7. The monoisotopic (exact) mass is 247 g/mol. The van der Waals surface area contributed by atoms with Crippen LogP contribution in [-0.2, 0) is 13.0 Å². The number of H-pyrrole nitrogens is 1. The highest BCUT2D eigenvalue weighted by Gasteiger charge is 2.32. The van der Waals surface area contributed by atoms with Crippen molar-refractivity contribution < 1.29 is 17.9 Å². The summed E-state index contributed by atoms with van der Waals surface area (Å²) in [4.78, 5) is 13.2. The van der Waals surface area contributed by atoms with Gasteiger partial charge in [-0.1, -0.05) is 0 Å². The Bertz CT molecular complexity index is 502. The van der Waals surface area contributed by atoms with E-state index in [1.165, 1.54) is 0 Å². The van der Waals surface area contributed by atoms with Crippen molar-refractivity contribution in [1.82, 2.24) is 4.98 Å². The van der Waals surface area contributed by atoms with Crippen molar-refractivity contribution in [3.05, 3.63) is 27.5 Å². The van der Waals surface area contributed by atoms with E-state index in [0.717, 1.165) is 6.07 Å². The van der Waals surface area contributed by atoms with E-state index >= 15 is 0 Å². The molecule has 3 N–H and O–H groups in total. The molecule has 8 heteroatoms. The fourth-order valence-corrected chi connectivity index (χ4v) is 1.18. The summed E-state index contributed by atoms with van der Waals surface area (Å²) in [5.41, 5.74) is 4.48. The summed E-state index contributed by atoms with van der Waals surface area (Å²) in [5, 5.41) is 8.47. The highest BCUT2D eigenvalue weighted by molar-refractivity contribution is 5.32. The molecule has 0 radical (unpaired) electrons. The van der Waals surface area contributed by atoms with E-state index in [1.54, 1.807) is 6.07 Å². The van der Waals surface area contributed by atoms with Gasteiger partial charge in [0, 0.05) is 17.7 Å². The van der Waals surface area contributed by atoms with Gasteiger partial charge in [0.1, 0.15) is 0 Å². The van der Waals surface area contributed by atoms with Crippen molar-refractivity contribution in [2.45, 2.75) is 19.3 Å². The highest BCUT2D eigenvalue weighted by atomic mass is 19.4. The number of hydrogen-bond acceptors (Lipinski definition) is 4. The Labute approximate surface area is 93.6 Å². The number of halogens is 3. The summed E-state index contributed by atoms with van der Waals surface area (Å²) in [6.07, 6.45) is -5.26. The minimum absolute atomic E-state index is 0.0649. The Balaban J connectivity index is 3.24. The van der Waals surface area contributed by atoms with Gasteiger partial charge in [0.15, 0.2) is 0 Å². The largest absolute Gasteiger partial charge is 0.574 e. The van der Waals surface area contributed by atoms with Crippen LogP contribution in [0.1, 0.15) is 11.1 Å². The molecule has 0 aliphatic rings. The zero-order valence-electron chi connectivity index (χ0n) is 8.47. The molecule has 0 unspecified atom stereocenters. The maximum Gasteiger partial charge on any atom is 0.574 e. The number of pyridine rings is 1. The third-order valence-electron chi connectivity index (χ3n) is 1.87. The minimum atomic E-state index is -4.93. The average Bonchev–Trinajstić information content (AvgIpc) is 2.20. The summed E-state index contributed by atoms with van der Waals surface area (Å²) in [6, 6.07) is 2.80. The van der Waals surface area contributed by atoms with Crippen molar-refractivity contribution in [3.63, 3.8) is 0 Å². The van der Waals surface area contributed by atoms with Crippen molar-refractivity contribution in [2.75, 3.05) is 0 Å². The summed E-state index contributed by atoms with van der Waals surface area (Å²) in [6.45, 7) is -0.139. The standard InChI is InChI=1S/C9H8F3N3O2/c10-9(11,12)17-8-5(1-2-13)3-6(4-14)7(16)15-8/h3H,1,4,14H2,(H,15,16). The first-order valence-corrected chi connectivity index (χ1v) is 4.45. The third-order valence-corrected chi connectivity index (χ3v) is 1.87. The third kappa shape index (κ3) is 3.49. The molecule has 0 amide bonds. The van der Waals surface area contributed by atoms with Crippen LogP contribution in [0.3, 0.4) is 0 Å². The zero-order chi connectivity index (χ0) is 13.1. The Hall–Kier alpha value is -2.01. The zero-order valence-corrected chi connectivity index (χ0v) is 8.47. The Morgan fingerprint density at radius 3 is 2.59 bits per heavy atom. The van der Waals surface area contributed by atoms with Crippen LogP contribution in [-0.4, -0.2) is 11.3 Å². The summed E-state index contributed by atoms with van der Waals surface area (Å²) in [7, 11) is 0. The Morgan fingerprint density at radius 1 is 1.47 bits per heavy atom. The number of nitrogens with two attached hydrogens (primary N) is 1. The molecule has 0 fully saturated rings. The molecule has 0 saturated heterocycles. The van der Waals surface area contributed by atoms with Gasteiger partial charge in [-0.25, -0.2) is 0 Å². The first-order valence-electron chi connectivity index (χ1n) is 4.45. The normalized spacial score (nSPS) is 11.0. The average molecular weight is 247 g/mol. The van der Waals surface area contributed by atoms with Crippen LogP contribution in [0.2, 0.25) is 0 Å². The fraction of sp³-hybridized carbons (Fsp3) is 0.333. The number of nitriles is 1. The quantitative estimate of drug-likeness (QED) is 0.826. The van der Waals surface area contributed by atoms with Crippen molar-refractivity contribution in [2.24, 2.45) is 5.73 Å². The van der Waals surface area contributed by atoms with Crippen LogP contribution in [0.15, 0.2) is 10.9 Å². The van der Waals surface area contributed by atoms with E-state index < -0.39 is 17.8 Å². The lowest BCUT2D eigenvalue weighted by atomic mass is 10.1. The first-order chi connectivity index (χ1) is 7.87. The fourth-order valence-electron chi connectivity index (χ4n) is 1.18. The van der Waals surface area contributed by atoms with Crippen molar-refractivity contribution in [3.8, 4) is 11.9 Å². The number of nitrogens with zero attached hydrogens (tertiary/aromatic N) is 1. The topological polar surface area (TPSA) is 91.9 Å². The SMILES string of the molecule is N#CCc1cc(CN)c(=O)[nH]c1OC(F)(F)F. The van der Waals surface area contributed by atoms with Crippen LogP contribution in [0, 0.1) is 11.3 Å². The van der Waals surface area contributed by atoms with Crippen LogP contribution < -0.4 is 16.0 Å². The molecule has 1 heterocycles. The number of ether oxygens (including phenoxy) is 1. The molecule has 1 aromatic rings. The lowest BCUT2D eigenvalue weighted by Crippen LogP contribution is -2.23. The van der Waals surface area contributed by atoms with E-state index in [4.69, 9.17) is 11.0 Å². The number of alkyl halides is 3. The molecule has 0 aliphatic carbocycles. The van der Waals surface area contributed by atoms with Gasteiger partial charge in [0.05, 0.1) is 12.5 Å². The van der Waals surface area contributed by atoms with Crippen molar-refractivity contribution >= 4 is 0 Å². The van der Waals surface area contributed by atoms with Gasteiger partial charge in [-0.2, -0.15) is 5.26 Å². The molecule has 0 aliphatic heterocycles. The summed E-state index contributed by atoms with van der Waals surface area (Å²) in [5.74, 6) is -0.777. The molecular weight excluding hydrogens is 239 g/mol. The van der Waals surface area contributed by atoms with E-state index in [1.807, 2.05) is 4.98 Å². The van der Waals surface area contributed by atoms with Gasteiger partial charge in [-0.15, -0.1) is 13.2 Å². The predicted octanol–water partition coefficient (Wildman–Crippen LogP) is 0.798. The van der Waals surface area contributed by atoms with Gasteiger partial charge in [0.25, 0.3) is 5.56 Å². The second-order valence-corrected chi connectivity index (χ2v) is 3.06. The molecular formula is C9H8F3N3O2. The van der Waals surface area contributed by atoms with Crippen LogP contribution in [0.5, 0.6) is 5.88 Å². The molecule has 0 atom stereocenters. The molecule has 5 nitrogen and oxygen atoms in total. The summed E-state index contributed by atoms with van der Waals surface area (Å²) >= 11 is 0. The van der Waals surface area contributed by atoms with Crippen LogP contribution in [0.4, 0.5) is 13.2 Å². The number of nitrogens with one attached hydrogen (secondary N) is 1. The predicted molar refractivity (Wildman–Crippen MR) is 51.0 cm³/mol. The molecule has 0 bridgehead atoms. The number of hydrogen-bond donors (Lipinski definition) is 2. The molecule has 1 aromatic heterocycles. The van der Waals surface area contributed by atoms with Gasteiger partial charge in [0.2, 0.25) is 5.88 Å². The van der Waals surface area contributed by atoms with Crippen molar-refractivity contribution in [1.29, 1.82) is 5.26 Å². The van der Waals surface area contributed by atoms with Gasteiger partial charge in [-0.3, -0.25) is 9.78 Å². The molecule has 17 heavy (non-hydrogen) atoms. The van der Waals surface area contributed by atoms with Gasteiger partial charge >= 0.3 is 6.36 Å². The van der Waals surface area contributed by atoms with E-state index in [9.17, 15) is 18.0 Å². The highest BCUT2D eigenvalue weighted by Crippen LogP contribution is 2.23. The first kappa shape index (κ1) is 13.1. The number of rotatable bonds is 3. The lowest BCUT2D eigenvalue weighted by Gasteiger charge is -2.12. The Kier molecular flexibility index (Phi) is 3.75. The Morgan fingerprint density at radius 2 is 2.12 bits per heavy atom. The second-order valence-electron chi connectivity index (χ2n) is 3.06. The minimum Gasteiger partial charge on any atom is -0.389 e. The van der Waals surface area contributed by atoms with E-state index in [-0.39, 0.29) is 24.1 Å². The van der Waals surface area contributed by atoms with Gasteiger partial charge in [-0.05, 0) is 6.07 Å². The number of aromatic nitrogens is 1. The molecule has 0 aromatic carbocycles. The van der Waals surface area contributed by atoms with Crippen LogP contribution >= 0.6 is 0 Å². The lowest BCUT2D eigenvalue weighted by molar-refractivity contribution is -0.276. The smallest absolute Gasteiger partial charge is 0.389 e. The van der Waals surface area contributed by atoms with E-state index in [2.05, 4.69) is 4.74 Å². The molecule has 0 spiro atoms. The van der Waals surface area contributed by atoms with E-state index in [0.29, 0.717) is 0 Å². The van der Waals surface area contributed by atoms with Gasteiger partial charge < -0.3 is 10.5 Å². The molecule has 0 saturated carbocycles. The maximum atomic E-state index is 12.0. The van der Waals surface area contributed by atoms with Crippen LogP contribution in [0.25, 0.3) is 0 Å². The second kappa shape index (κ2) is 4.88. The molecule has 92 valence electrons.